The predicted octanol–water partition coefficient (Wildman–Crippen LogP) is 5.27. The first kappa shape index (κ1) is 24.9. The maximum absolute atomic E-state index is 12.3. The first-order valence-corrected chi connectivity index (χ1v) is 13.2. The Hall–Kier alpha value is -3.73. The van der Waals surface area contributed by atoms with Gasteiger partial charge in [0.25, 0.3) is 5.19 Å². The van der Waals surface area contributed by atoms with Gasteiger partial charge in [-0.25, -0.2) is 9.78 Å². The Morgan fingerprint density at radius 2 is 1.78 bits per heavy atom. The number of nitrogens with zero attached hydrogens (tertiary/aromatic N) is 6. The van der Waals surface area contributed by atoms with Crippen molar-refractivity contribution in [3.8, 4) is 16.7 Å². The van der Waals surface area contributed by atoms with Crippen molar-refractivity contribution in [2.45, 2.75) is 51.7 Å². The number of amides is 1. The van der Waals surface area contributed by atoms with E-state index in [4.69, 9.17) is 14.2 Å². The quantitative estimate of drug-likeness (QED) is 0.323. The lowest BCUT2D eigenvalue weighted by Crippen LogP contribution is -2.41. The number of carbonyl (C=O) groups is 1. The van der Waals surface area contributed by atoms with Crippen LogP contribution in [0, 0.1) is 0 Å². The van der Waals surface area contributed by atoms with Crippen LogP contribution in [0.2, 0.25) is 0 Å². The second kappa shape index (κ2) is 10.7. The average molecular weight is 523 g/mol. The van der Waals surface area contributed by atoms with Crippen molar-refractivity contribution in [1.29, 1.82) is 0 Å². The number of aromatic nitrogens is 5. The summed E-state index contributed by atoms with van der Waals surface area (Å²) in [5.74, 6) is 2.31. The molecule has 0 radical (unpaired) electrons. The summed E-state index contributed by atoms with van der Waals surface area (Å²) in [4.78, 5) is 20.1. The van der Waals surface area contributed by atoms with E-state index in [-0.39, 0.29) is 12.0 Å². The molecule has 1 aliphatic rings. The lowest BCUT2D eigenvalue weighted by atomic mass is 9.96. The molecular formula is C26H30N6O4S. The smallest absolute Gasteiger partial charge is 0.410 e. The molecule has 37 heavy (non-hydrogen) atoms. The van der Waals surface area contributed by atoms with Crippen molar-refractivity contribution in [1.82, 2.24) is 30.1 Å². The molecule has 1 fully saturated rings. The molecule has 2 aromatic heterocycles. The third-order valence-electron chi connectivity index (χ3n) is 5.84. The Morgan fingerprint density at radius 1 is 1.05 bits per heavy atom. The highest BCUT2D eigenvalue weighted by Gasteiger charge is 2.29. The van der Waals surface area contributed by atoms with E-state index in [0.29, 0.717) is 43.0 Å². The van der Waals surface area contributed by atoms with Crippen LogP contribution in [0.1, 0.15) is 45.4 Å². The molecule has 0 atom stereocenters. The van der Waals surface area contributed by atoms with Crippen LogP contribution in [-0.4, -0.2) is 61.5 Å². The predicted molar refractivity (Wildman–Crippen MR) is 139 cm³/mol. The molecule has 4 aromatic rings. The maximum atomic E-state index is 12.3. The van der Waals surface area contributed by atoms with Gasteiger partial charge < -0.3 is 19.1 Å². The molecule has 1 saturated heterocycles. The van der Waals surface area contributed by atoms with Gasteiger partial charge in [0.2, 0.25) is 0 Å². The largest absolute Gasteiger partial charge is 0.492 e. The van der Waals surface area contributed by atoms with Crippen LogP contribution >= 0.6 is 11.3 Å². The second-order valence-corrected chi connectivity index (χ2v) is 10.8. The first-order chi connectivity index (χ1) is 17.8. The fraction of sp³-hybridized carbons (Fsp3) is 0.423. The van der Waals surface area contributed by atoms with Crippen molar-refractivity contribution >= 4 is 27.6 Å². The second-order valence-electron chi connectivity index (χ2n) is 9.85. The van der Waals surface area contributed by atoms with Gasteiger partial charge in [-0.3, -0.25) is 0 Å². The minimum atomic E-state index is -0.493. The van der Waals surface area contributed by atoms with Gasteiger partial charge in [0.05, 0.1) is 16.8 Å². The summed E-state index contributed by atoms with van der Waals surface area (Å²) in [6.07, 6.45) is 1.30. The van der Waals surface area contributed by atoms with Crippen LogP contribution in [-0.2, 0) is 11.3 Å². The monoisotopic (exact) mass is 522 g/mol. The molecule has 5 rings (SSSR count). The summed E-state index contributed by atoms with van der Waals surface area (Å²) < 4.78 is 18.3. The third-order valence-corrected chi connectivity index (χ3v) is 6.76. The molecule has 11 heteroatoms. The van der Waals surface area contributed by atoms with Crippen molar-refractivity contribution in [3.05, 3.63) is 54.4 Å². The zero-order valence-corrected chi connectivity index (χ0v) is 22.0. The lowest BCUT2D eigenvalue weighted by molar-refractivity contribution is 0.0203. The molecule has 0 saturated carbocycles. The number of rotatable bonds is 7. The highest BCUT2D eigenvalue weighted by Crippen LogP contribution is 2.31. The van der Waals surface area contributed by atoms with E-state index >= 15 is 0 Å². The Bertz CT molecular complexity index is 1310. The number of thiazole rings is 1. The van der Waals surface area contributed by atoms with Crippen LogP contribution < -0.4 is 9.47 Å². The van der Waals surface area contributed by atoms with Crippen molar-refractivity contribution in [2.24, 2.45) is 0 Å². The Kier molecular flexibility index (Phi) is 7.22. The molecule has 0 N–H and O–H groups in total. The normalized spacial score (nSPS) is 14.6. The van der Waals surface area contributed by atoms with Crippen molar-refractivity contribution in [2.75, 3.05) is 19.7 Å². The number of hydrogen-bond acceptors (Lipinski definition) is 9. The van der Waals surface area contributed by atoms with Gasteiger partial charge in [0, 0.05) is 19.0 Å². The average Bonchev–Trinajstić information content (AvgIpc) is 3.51. The van der Waals surface area contributed by atoms with Crippen LogP contribution in [0.5, 0.6) is 16.7 Å². The van der Waals surface area contributed by atoms with Gasteiger partial charge in [-0.05, 0) is 75.2 Å². The topological polar surface area (TPSA) is 104 Å². The Balaban J connectivity index is 1.06. The molecule has 3 heterocycles. The lowest BCUT2D eigenvalue weighted by Gasteiger charge is -2.32. The number of hydrogen-bond donors (Lipinski definition) is 0. The number of para-hydroxylation sites is 1. The molecule has 0 aliphatic carbocycles. The van der Waals surface area contributed by atoms with Crippen LogP contribution in [0.25, 0.3) is 10.2 Å². The van der Waals surface area contributed by atoms with Crippen LogP contribution in [0.15, 0.2) is 48.5 Å². The molecule has 194 valence electrons. The summed E-state index contributed by atoms with van der Waals surface area (Å²) in [5, 5.41) is 13.5. The fourth-order valence-electron chi connectivity index (χ4n) is 4.01. The van der Waals surface area contributed by atoms with Crippen LogP contribution in [0.3, 0.4) is 0 Å². The van der Waals surface area contributed by atoms with E-state index in [0.717, 1.165) is 28.8 Å². The number of likely N-dealkylation sites (tertiary alicyclic amines) is 1. The Labute approximate surface area is 219 Å². The van der Waals surface area contributed by atoms with Gasteiger partial charge in [0.1, 0.15) is 23.7 Å². The number of fused-ring (bicyclic) bond motifs is 1. The van der Waals surface area contributed by atoms with Crippen molar-refractivity contribution in [3.63, 3.8) is 0 Å². The molecule has 2 aromatic carbocycles. The Morgan fingerprint density at radius 3 is 2.51 bits per heavy atom. The highest BCUT2D eigenvalue weighted by molar-refractivity contribution is 7.20. The number of tetrazole rings is 1. The van der Waals surface area contributed by atoms with Gasteiger partial charge >= 0.3 is 6.09 Å². The van der Waals surface area contributed by atoms with Gasteiger partial charge in [-0.2, -0.15) is 4.80 Å². The van der Waals surface area contributed by atoms with Crippen molar-refractivity contribution < 1.29 is 19.0 Å². The zero-order valence-electron chi connectivity index (χ0n) is 21.2. The van der Waals surface area contributed by atoms with E-state index in [9.17, 15) is 4.79 Å². The van der Waals surface area contributed by atoms with E-state index in [2.05, 4.69) is 20.4 Å². The molecule has 0 spiro atoms. The van der Waals surface area contributed by atoms with Gasteiger partial charge in [-0.15, -0.1) is 10.2 Å². The molecule has 1 amide bonds. The third kappa shape index (κ3) is 6.53. The fourth-order valence-corrected chi connectivity index (χ4v) is 4.84. The first-order valence-electron chi connectivity index (χ1n) is 12.3. The molecular weight excluding hydrogens is 492 g/mol. The number of benzene rings is 2. The SMILES string of the molecule is CC(C)(C)OC(=O)N1CCC(c2nnn(CCOc3ccc(Oc4nc5ccccc5s4)cc3)n2)CC1. The molecule has 0 bridgehead atoms. The van der Waals surface area contributed by atoms with Gasteiger partial charge in [0.15, 0.2) is 5.82 Å². The zero-order chi connectivity index (χ0) is 25.8. The van der Waals surface area contributed by atoms with E-state index in [1.807, 2.05) is 69.3 Å². The summed E-state index contributed by atoms with van der Waals surface area (Å²) in [5.41, 5.74) is 0.436. The molecule has 10 nitrogen and oxygen atoms in total. The number of carbonyl (C=O) groups excluding carboxylic acids is 1. The van der Waals surface area contributed by atoms with Gasteiger partial charge in [-0.1, -0.05) is 23.5 Å². The summed E-state index contributed by atoms with van der Waals surface area (Å²) in [6, 6.07) is 15.4. The maximum Gasteiger partial charge on any atom is 0.410 e. The summed E-state index contributed by atoms with van der Waals surface area (Å²) in [6.45, 7) is 7.75. The highest BCUT2D eigenvalue weighted by atomic mass is 32.1. The molecule has 0 unspecified atom stereocenters. The summed E-state index contributed by atoms with van der Waals surface area (Å²) in [7, 11) is 0. The van der Waals surface area contributed by atoms with E-state index in [1.54, 1.807) is 9.70 Å². The minimum absolute atomic E-state index is 0.177. The minimum Gasteiger partial charge on any atom is -0.492 e. The van der Waals surface area contributed by atoms with Crippen LogP contribution in [0.4, 0.5) is 4.79 Å². The van der Waals surface area contributed by atoms with E-state index < -0.39 is 5.60 Å². The standard InChI is InChI=1S/C26H30N6O4S/c1-26(2,3)36-25(33)31-14-12-18(13-15-31)23-28-30-32(29-23)16-17-34-19-8-10-20(11-9-19)35-24-27-21-6-4-5-7-22(21)37-24/h4-11,18H,12-17H2,1-3H3. The van der Waals surface area contributed by atoms with E-state index in [1.165, 1.54) is 11.3 Å². The molecule has 1 aliphatic heterocycles. The number of piperidine rings is 1. The number of ether oxygens (including phenoxy) is 3. The summed E-state index contributed by atoms with van der Waals surface area (Å²) >= 11 is 1.51.